The molecule has 0 unspecified atom stereocenters. The summed E-state index contributed by atoms with van der Waals surface area (Å²) in [6.07, 6.45) is 4.82. The highest BCUT2D eigenvalue weighted by atomic mass is 16.3. The van der Waals surface area contributed by atoms with Crippen LogP contribution in [0.25, 0.3) is 0 Å². The van der Waals surface area contributed by atoms with Gasteiger partial charge in [0.1, 0.15) is 6.26 Å². The average Bonchev–Trinajstić information content (AvgIpc) is 3.29. The number of hydrogen-bond acceptors (Lipinski definition) is 5. The highest BCUT2D eigenvalue weighted by Crippen LogP contribution is 2.16. The van der Waals surface area contributed by atoms with Crippen LogP contribution in [0.1, 0.15) is 38.6 Å². The van der Waals surface area contributed by atoms with Crippen molar-refractivity contribution in [1.82, 2.24) is 20.2 Å². The molecule has 0 atom stereocenters. The molecule has 0 aliphatic rings. The minimum absolute atomic E-state index is 0.259. The van der Waals surface area contributed by atoms with E-state index < -0.39 is 0 Å². The Hall–Kier alpha value is -3.77. The van der Waals surface area contributed by atoms with Crippen molar-refractivity contribution >= 4 is 5.91 Å². The van der Waals surface area contributed by atoms with Crippen LogP contribution in [0.4, 0.5) is 0 Å². The van der Waals surface area contributed by atoms with E-state index in [4.69, 9.17) is 4.42 Å². The first-order valence-electron chi connectivity index (χ1n) is 10.6. The molecule has 1 amide bonds. The van der Waals surface area contributed by atoms with Gasteiger partial charge in [-0.2, -0.15) is 0 Å². The van der Waals surface area contributed by atoms with Gasteiger partial charge in [-0.05, 0) is 41.3 Å². The Morgan fingerprint density at radius 1 is 0.906 bits per heavy atom. The first-order chi connectivity index (χ1) is 15.7. The molecule has 0 saturated heterocycles. The summed E-state index contributed by atoms with van der Waals surface area (Å²) in [5.74, 6) is 0.258. The van der Waals surface area contributed by atoms with Crippen molar-refractivity contribution in [2.24, 2.45) is 0 Å². The summed E-state index contributed by atoms with van der Waals surface area (Å²) in [4.78, 5) is 23.2. The van der Waals surface area contributed by atoms with Crippen molar-refractivity contribution in [2.75, 3.05) is 0 Å². The molecular formula is C26H26N4O2. The minimum Gasteiger partial charge on any atom is -0.447 e. The largest absolute Gasteiger partial charge is 0.447 e. The van der Waals surface area contributed by atoms with Crippen LogP contribution < -0.4 is 5.32 Å². The molecule has 0 saturated carbocycles. The average molecular weight is 427 g/mol. The molecule has 0 aliphatic heterocycles. The van der Waals surface area contributed by atoms with E-state index in [-0.39, 0.29) is 11.6 Å². The number of nitrogens with zero attached hydrogens (tertiary/aromatic N) is 3. The van der Waals surface area contributed by atoms with Crippen LogP contribution in [0.15, 0.2) is 89.8 Å². The zero-order chi connectivity index (χ0) is 22.2. The third-order valence-electron chi connectivity index (χ3n) is 5.25. The van der Waals surface area contributed by atoms with Crippen LogP contribution in [0, 0.1) is 6.92 Å². The number of amides is 1. The second kappa shape index (κ2) is 10.5. The zero-order valence-corrected chi connectivity index (χ0v) is 18.1. The molecule has 2 aromatic carbocycles. The second-order valence-corrected chi connectivity index (χ2v) is 7.72. The molecule has 6 heteroatoms. The van der Waals surface area contributed by atoms with E-state index in [0.29, 0.717) is 19.0 Å². The van der Waals surface area contributed by atoms with Gasteiger partial charge in [0.25, 0.3) is 5.91 Å². The lowest BCUT2D eigenvalue weighted by Crippen LogP contribution is -2.24. The molecule has 6 nitrogen and oxygen atoms in total. The fraction of sp³-hybridized carbons (Fsp3) is 0.192. The Labute approximate surface area is 187 Å². The maximum absolute atomic E-state index is 12.5. The van der Waals surface area contributed by atoms with E-state index >= 15 is 0 Å². The van der Waals surface area contributed by atoms with Crippen molar-refractivity contribution in [3.63, 3.8) is 0 Å². The Morgan fingerprint density at radius 2 is 1.66 bits per heavy atom. The lowest BCUT2D eigenvalue weighted by molar-refractivity contribution is 0.0945. The second-order valence-electron chi connectivity index (χ2n) is 7.72. The number of rotatable bonds is 9. The predicted octanol–water partition coefficient (Wildman–Crippen LogP) is 4.51. The van der Waals surface area contributed by atoms with E-state index in [2.05, 4.69) is 57.4 Å². The van der Waals surface area contributed by atoms with Gasteiger partial charge in [0.05, 0.1) is 6.54 Å². The summed E-state index contributed by atoms with van der Waals surface area (Å²) in [6, 6.07) is 22.4. The number of nitrogens with one attached hydrogen (secondary N) is 1. The van der Waals surface area contributed by atoms with Crippen molar-refractivity contribution in [2.45, 2.75) is 33.1 Å². The molecule has 1 N–H and O–H groups in total. The number of pyridine rings is 1. The Morgan fingerprint density at radius 3 is 2.44 bits per heavy atom. The van der Waals surface area contributed by atoms with Gasteiger partial charge in [0.15, 0.2) is 5.69 Å². The van der Waals surface area contributed by atoms with E-state index in [9.17, 15) is 4.79 Å². The summed E-state index contributed by atoms with van der Waals surface area (Å²) < 4.78 is 5.65. The molecule has 2 aromatic heterocycles. The van der Waals surface area contributed by atoms with Crippen LogP contribution in [0.2, 0.25) is 0 Å². The quantitative estimate of drug-likeness (QED) is 0.426. The van der Waals surface area contributed by atoms with E-state index in [1.807, 2.05) is 36.4 Å². The molecule has 0 aliphatic carbocycles. The maximum atomic E-state index is 12.5. The number of carbonyl (C=O) groups is 1. The van der Waals surface area contributed by atoms with Gasteiger partial charge in [-0.3, -0.25) is 14.7 Å². The van der Waals surface area contributed by atoms with Crippen molar-refractivity contribution in [1.29, 1.82) is 0 Å². The SMILES string of the molecule is Cc1ccccc1CN(Cc1ccccc1)Cc1nc(C(=O)NCc2ccncc2)co1. The van der Waals surface area contributed by atoms with Gasteiger partial charge < -0.3 is 9.73 Å². The molecule has 0 spiro atoms. The number of aromatic nitrogens is 2. The molecule has 0 fully saturated rings. The van der Waals surface area contributed by atoms with Gasteiger partial charge in [0, 0.05) is 32.0 Å². The topological polar surface area (TPSA) is 71.3 Å². The van der Waals surface area contributed by atoms with Crippen LogP contribution in [0.3, 0.4) is 0 Å². The van der Waals surface area contributed by atoms with Gasteiger partial charge in [-0.15, -0.1) is 0 Å². The van der Waals surface area contributed by atoms with Crippen LogP contribution >= 0.6 is 0 Å². The summed E-state index contributed by atoms with van der Waals surface area (Å²) in [5, 5.41) is 2.87. The number of benzene rings is 2. The fourth-order valence-corrected chi connectivity index (χ4v) is 3.49. The summed E-state index contributed by atoms with van der Waals surface area (Å²) in [7, 11) is 0. The molecule has 162 valence electrons. The zero-order valence-electron chi connectivity index (χ0n) is 18.1. The van der Waals surface area contributed by atoms with Gasteiger partial charge in [-0.25, -0.2) is 4.98 Å². The molecule has 4 aromatic rings. The first-order valence-corrected chi connectivity index (χ1v) is 10.6. The lowest BCUT2D eigenvalue weighted by Gasteiger charge is -2.22. The Bertz CT molecular complexity index is 1140. The predicted molar refractivity (Wildman–Crippen MR) is 122 cm³/mol. The van der Waals surface area contributed by atoms with Crippen molar-refractivity contribution in [3.05, 3.63) is 119 Å². The highest BCUT2D eigenvalue weighted by molar-refractivity contribution is 5.91. The molecule has 2 heterocycles. The Kier molecular flexibility index (Phi) is 7.05. The van der Waals surface area contributed by atoms with E-state index in [0.717, 1.165) is 18.7 Å². The Balaban J connectivity index is 1.44. The third kappa shape index (κ3) is 5.89. The number of carbonyl (C=O) groups excluding carboxylic acids is 1. The smallest absolute Gasteiger partial charge is 0.273 e. The van der Waals surface area contributed by atoms with Crippen LogP contribution in [-0.2, 0) is 26.2 Å². The number of oxazole rings is 1. The van der Waals surface area contributed by atoms with Gasteiger partial charge in [-0.1, -0.05) is 54.6 Å². The monoisotopic (exact) mass is 426 g/mol. The summed E-state index contributed by atoms with van der Waals surface area (Å²) in [6.45, 7) is 4.54. The van der Waals surface area contributed by atoms with Gasteiger partial charge in [0.2, 0.25) is 5.89 Å². The van der Waals surface area contributed by atoms with Gasteiger partial charge >= 0.3 is 0 Å². The standard InChI is InChI=1S/C26H26N4O2/c1-20-7-5-6-10-23(20)17-30(16-22-8-3-2-4-9-22)18-25-29-24(19-32-25)26(31)28-15-21-11-13-27-14-12-21/h2-14,19H,15-18H2,1H3,(H,28,31). The lowest BCUT2D eigenvalue weighted by atomic mass is 10.1. The normalized spacial score (nSPS) is 10.9. The highest BCUT2D eigenvalue weighted by Gasteiger charge is 2.16. The van der Waals surface area contributed by atoms with Crippen LogP contribution in [-0.4, -0.2) is 20.8 Å². The van der Waals surface area contributed by atoms with E-state index in [1.54, 1.807) is 12.4 Å². The first kappa shape index (κ1) is 21.5. The summed E-state index contributed by atoms with van der Waals surface area (Å²) in [5.41, 5.74) is 4.97. The molecule has 4 rings (SSSR count). The van der Waals surface area contributed by atoms with Crippen molar-refractivity contribution in [3.8, 4) is 0 Å². The molecule has 0 radical (unpaired) electrons. The maximum Gasteiger partial charge on any atom is 0.273 e. The molecular weight excluding hydrogens is 400 g/mol. The summed E-state index contributed by atoms with van der Waals surface area (Å²) >= 11 is 0. The van der Waals surface area contributed by atoms with Crippen LogP contribution in [0.5, 0.6) is 0 Å². The fourth-order valence-electron chi connectivity index (χ4n) is 3.49. The van der Waals surface area contributed by atoms with Crippen molar-refractivity contribution < 1.29 is 9.21 Å². The minimum atomic E-state index is -0.259. The van der Waals surface area contributed by atoms with E-state index in [1.165, 1.54) is 23.0 Å². The molecule has 0 bridgehead atoms. The number of aryl methyl sites for hydroxylation is 1. The third-order valence-corrected chi connectivity index (χ3v) is 5.25. The number of hydrogen-bond donors (Lipinski definition) is 1. The molecule has 32 heavy (non-hydrogen) atoms.